The fraction of sp³-hybridized carbons (Fsp3) is 0.583. The molecule has 0 bridgehead atoms. The molecule has 1 aliphatic heterocycles. The van der Waals surface area contributed by atoms with Crippen molar-refractivity contribution in [2.24, 2.45) is 5.92 Å². The van der Waals surface area contributed by atoms with Crippen LogP contribution in [0.4, 0.5) is 0 Å². The number of carboxylic acid groups (broad SMARTS) is 1. The third kappa shape index (κ3) is 2.69. The van der Waals surface area contributed by atoms with E-state index >= 15 is 0 Å². The van der Waals surface area contributed by atoms with Gasteiger partial charge in [0, 0.05) is 19.0 Å². The molecule has 1 saturated heterocycles. The topological polar surface area (TPSA) is 83.6 Å². The third-order valence-electron chi connectivity index (χ3n) is 3.12. The van der Waals surface area contributed by atoms with Gasteiger partial charge in [0.2, 0.25) is 5.91 Å². The number of likely N-dealkylation sites (tertiary alicyclic amines) is 1. The van der Waals surface area contributed by atoms with Crippen molar-refractivity contribution in [2.75, 3.05) is 6.54 Å². The van der Waals surface area contributed by atoms with Crippen LogP contribution in [-0.4, -0.2) is 33.6 Å². The van der Waals surface area contributed by atoms with Crippen LogP contribution in [0.25, 0.3) is 0 Å². The predicted octanol–water partition coefficient (Wildman–Crippen LogP) is 1.52. The molecule has 1 aromatic heterocycles. The first-order valence-electron chi connectivity index (χ1n) is 6.06. The van der Waals surface area contributed by atoms with E-state index in [0.717, 1.165) is 19.4 Å². The van der Waals surface area contributed by atoms with Gasteiger partial charge in [0.25, 0.3) is 0 Å². The average molecular weight is 252 g/mol. The summed E-state index contributed by atoms with van der Waals surface area (Å²) in [5.74, 6) is -0.203. The second-order valence-electron chi connectivity index (χ2n) is 4.62. The molecular formula is C12H16N2O4. The number of aromatic nitrogens is 1. The Morgan fingerprint density at radius 1 is 1.67 bits per heavy atom. The van der Waals surface area contributed by atoms with Gasteiger partial charge in [-0.3, -0.25) is 4.79 Å². The van der Waals surface area contributed by atoms with Crippen LogP contribution in [0.5, 0.6) is 0 Å². The van der Waals surface area contributed by atoms with Gasteiger partial charge < -0.3 is 14.5 Å². The maximum absolute atomic E-state index is 11.8. The lowest BCUT2D eigenvalue weighted by Crippen LogP contribution is -2.24. The van der Waals surface area contributed by atoms with Gasteiger partial charge in [0.15, 0.2) is 11.5 Å². The van der Waals surface area contributed by atoms with Gasteiger partial charge in [-0.25, -0.2) is 4.79 Å². The van der Waals surface area contributed by atoms with Crippen LogP contribution in [0, 0.1) is 5.92 Å². The average Bonchev–Trinajstić information content (AvgIpc) is 2.88. The second-order valence-corrected chi connectivity index (χ2v) is 4.62. The minimum absolute atomic E-state index is 0.0988. The van der Waals surface area contributed by atoms with Crippen molar-refractivity contribution in [2.45, 2.75) is 32.7 Å². The third-order valence-corrected chi connectivity index (χ3v) is 3.12. The van der Waals surface area contributed by atoms with Crippen molar-refractivity contribution in [3.8, 4) is 0 Å². The normalized spacial score (nSPS) is 19.5. The predicted molar refractivity (Wildman–Crippen MR) is 61.9 cm³/mol. The smallest absolute Gasteiger partial charge is 0.358 e. The van der Waals surface area contributed by atoms with E-state index in [1.54, 1.807) is 4.90 Å². The van der Waals surface area contributed by atoms with Crippen molar-refractivity contribution >= 4 is 11.9 Å². The molecule has 1 aromatic rings. The van der Waals surface area contributed by atoms with Crippen LogP contribution in [0.1, 0.15) is 42.4 Å². The summed E-state index contributed by atoms with van der Waals surface area (Å²) in [6, 6.07) is 1.36. The van der Waals surface area contributed by atoms with Crippen LogP contribution in [0.2, 0.25) is 0 Å². The SMILES string of the molecule is CCCC1CC(=O)N(Cc2cc(C(=O)O)no2)C1. The van der Waals surface area contributed by atoms with Crippen LogP contribution in [-0.2, 0) is 11.3 Å². The van der Waals surface area contributed by atoms with Crippen molar-refractivity contribution in [3.05, 3.63) is 17.5 Å². The van der Waals surface area contributed by atoms with Gasteiger partial charge in [-0.1, -0.05) is 18.5 Å². The summed E-state index contributed by atoms with van der Waals surface area (Å²) in [6.07, 6.45) is 2.68. The van der Waals surface area contributed by atoms with Gasteiger partial charge in [0.05, 0.1) is 6.54 Å². The van der Waals surface area contributed by atoms with Crippen LogP contribution < -0.4 is 0 Å². The summed E-state index contributed by atoms with van der Waals surface area (Å²) in [5, 5.41) is 12.1. The maximum atomic E-state index is 11.8. The molecule has 0 spiro atoms. The molecule has 1 unspecified atom stereocenters. The van der Waals surface area contributed by atoms with E-state index in [2.05, 4.69) is 12.1 Å². The summed E-state index contributed by atoms with van der Waals surface area (Å²) in [4.78, 5) is 24.1. The highest BCUT2D eigenvalue weighted by Gasteiger charge is 2.29. The summed E-state index contributed by atoms with van der Waals surface area (Å²) in [6.45, 7) is 3.12. The summed E-state index contributed by atoms with van der Waals surface area (Å²) < 4.78 is 4.91. The molecule has 0 aromatic carbocycles. The number of aromatic carboxylic acids is 1. The van der Waals surface area contributed by atoms with E-state index in [-0.39, 0.29) is 11.6 Å². The first kappa shape index (κ1) is 12.6. The Morgan fingerprint density at radius 3 is 3.06 bits per heavy atom. The summed E-state index contributed by atoms with van der Waals surface area (Å²) >= 11 is 0. The van der Waals surface area contributed by atoms with E-state index < -0.39 is 5.97 Å². The molecule has 0 saturated carbocycles. The standard InChI is InChI=1S/C12H16N2O4/c1-2-3-8-4-11(15)14(6-8)7-9-5-10(12(16)17)13-18-9/h5,8H,2-4,6-7H2,1H3,(H,16,17). The van der Waals surface area contributed by atoms with E-state index in [0.29, 0.717) is 24.6 Å². The molecule has 2 heterocycles. The Hall–Kier alpha value is -1.85. The molecule has 1 amide bonds. The molecule has 1 N–H and O–H groups in total. The highest BCUT2D eigenvalue weighted by atomic mass is 16.5. The number of carboxylic acids is 1. The highest BCUT2D eigenvalue weighted by molar-refractivity contribution is 5.85. The molecule has 2 rings (SSSR count). The van der Waals surface area contributed by atoms with Crippen LogP contribution in [0.3, 0.4) is 0 Å². The molecule has 18 heavy (non-hydrogen) atoms. The Bertz CT molecular complexity index is 455. The largest absolute Gasteiger partial charge is 0.476 e. The van der Waals surface area contributed by atoms with Crippen LogP contribution in [0.15, 0.2) is 10.6 Å². The maximum Gasteiger partial charge on any atom is 0.358 e. The minimum atomic E-state index is -1.12. The quantitative estimate of drug-likeness (QED) is 0.858. The zero-order chi connectivity index (χ0) is 13.1. The number of carbonyl (C=O) groups is 2. The Labute approximate surface area is 105 Å². The monoisotopic (exact) mass is 252 g/mol. The molecule has 6 nitrogen and oxygen atoms in total. The first-order valence-corrected chi connectivity index (χ1v) is 6.06. The molecule has 1 fully saturated rings. The number of rotatable bonds is 5. The number of hydrogen-bond acceptors (Lipinski definition) is 4. The fourth-order valence-electron chi connectivity index (χ4n) is 2.28. The van der Waals surface area contributed by atoms with Gasteiger partial charge in [0.1, 0.15) is 0 Å². The Morgan fingerprint density at radius 2 is 2.44 bits per heavy atom. The first-order chi connectivity index (χ1) is 8.60. The molecule has 1 aliphatic rings. The summed E-state index contributed by atoms with van der Waals surface area (Å²) in [7, 11) is 0. The highest BCUT2D eigenvalue weighted by Crippen LogP contribution is 2.23. The zero-order valence-corrected chi connectivity index (χ0v) is 10.3. The van der Waals surface area contributed by atoms with E-state index in [1.807, 2.05) is 0 Å². The van der Waals surface area contributed by atoms with Crippen LogP contribution >= 0.6 is 0 Å². The van der Waals surface area contributed by atoms with E-state index in [1.165, 1.54) is 6.07 Å². The van der Waals surface area contributed by atoms with Crippen molar-refractivity contribution in [3.63, 3.8) is 0 Å². The Balaban J connectivity index is 1.96. The fourth-order valence-corrected chi connectivity index (χ4v) is 2.28. The van der Waals surface area contributed by atoms with Gasteiger partial charge in [-0.2, -0.15) is 0 Å². The lowest BCUT2D eigenvalue weighted by atomic mass is 10.0. The minimum Gasteiger partial charge on any atom is -0.476 e. The van der Waals surface area contributed by atoms with Crippen molar-refractivity contribution in [1.29, 1.82) is 0 Å². The molecule has 1 atom stereocenters. The lowest BCUT2D eigenvalue weighted by molar-refractivity contribution is -0.128. The van der Waals surface area contributed by atoms with Gasteiger partial charge in [-0.05, 0) is 12.3 Å². The summed E-state index contributed by atoms with van der Waals surface area (Å²) in [5.41, 5.74) is -0.123. The number of hydrogen-bond donors (Lipinski definition) is 1. The van der Waals surface area contributed by atoms with Crippen molar-refractivity contribution in [1.82, 2.24) is 10.1 Å². The van der Waals surface area contributed by atoms with Gasteiger partial charge in [-0.15, -0.1) is 0 Å². The molecule has 98 valence electrons. The molecular weight excluding hydrogens is 236 g/mol. The van der Waals surface area contributed by atoms with Crippen molar-refractivity contribution < 1.29 is 19.2 Å². The number of amides is 1. The number of nitrogens with zero attached hydrogens (tertiary/aromatic N) is 2. The molecule has 0 radical (unpaired) electrons. The van der Waals surface area contributed by atoms with E-state index in [4.69, 9.17) is 9.63 Å². The molecule has 6 heteroatoms. The Kier molecular flexibility index (Phi) is 3.64. The second kappa shape index (κ2) is 5.20. The molecule has 0 aliphatic carbocycles. The lowest BCUT2D eigenvalue weighted by Gasteiger charge is -2.14. The van der Waals surface area contributed by atoms with E-state index in [9.17, 15) is 9.59 Å². The zero-order valence-electron chi connectivity index (χ0n) is 10.3. The number of carbonyl (C=O) groups excluding carboxylic acids is 1. The van der Waals surface area contributed by atoms with Gasteiger partial charge >= 0.3 is 5.97 Å².